The number of nitriles is 1. The molecule has 4 rings (SSSR count). The van der Waals surface area contributed by atoms with Crippen LogP contribution in [0.15, 0.2) is 30.3 Å². The number of hydrogen-bond donors (Lipinski definition) is 0. The van der Waals surface area contributed by atoms with Gasteiger partial charge in [0.1, 0.15) is 30.3 Å². The largest absolute Gasteiger partial charge is 0.458 e. The molecular formula is C23H25N5O4. The van der Waals surface area contributed by atoms with Gasteiger partial charge in [0.25, 0.3) is 5.91 Å². The van der Waals surface area contributed by atoms with Gasteiger partial charge >= 0.3 is 12.0 Å². The van der Waals surface area contributed by atoms with E-state index in [1.807, 2.05) is 30.3 Å². The van der Waals surface area contributed by atoms with Crippen molar-refractivity contribution in [3.63, 3.8) is 0 Å². The summed E-state index contributed by atoms with van der Waals surface area (Å²) in [7, 11) is 1.62. The Bertz CT molecular complexity index is 1100. The Hall–Kier alpha value is -3.67. The van der Waals surface area contributed by atoms with E-state index in [-0.39, 0.29) is 12.5 Å². The number of aryl methyl sites for hydroxylation is 1. The number of urea groups is 1. The monoisotopic (exact) mass is 435 g/mol. The van der Waals surface area contributed by atoms with Gasteiger partial charge in [-0.05, 0) is 31.9 Å². The maximum Gasteiger partial charge on any atom is 0.327 e. The van der Waals surface area contributed by atoms with Crippen LogP contribution in [-0.4, -0.2) is 56.6 Å². The van der Waals surface area contributed by atoms with Crippen molar-refractivity contribution in [3.8, 4) is 11.8 Å². The molecule has 0 bridgehead atoms. The van der Waals surface area contributed by atoms with Gasteiger partial charge in [0.05, 0.1) is 17.1 Å². The Labute approximate surface area is 186 Å². The highest BCUT2D eigenvalue weighted by atomic mass is 16.5. The summed E-state index contributed by atoms with van der Waals surface area (Å²) in [4.78, 5) is 40.8. The smallest absolute Gasteiger partial charge is 0.327 e. The van der Waals surface area contributed by atoms with Crippen LogP contribution >= 0.6 is 0 Å². The van der Waals surface area contributed by atoms with E-state index in [1.54, 1.807) is 18.7 Å². The normalized spacial score (nSPS) is 17.7. The van der Waals surface area contributed by atoms with Crippen LogP contribution < -0.4 is 0 Å². The first-order valence-electron chi connectivity index (χ1n) is 10.7. The fourth-order valence-corrected chi connectivity index (χ4v) is 4.63. The third-order valence-electron chi connectivity index (χ3n) is 6.41. The van der Waals surface area contributed by atoms with E-state index in [0.29, 0.717) is 29.8 Å². The number of aromatic nitrogens is 2. The highest BCUT2D eigenvalue weighted by molar-refractivity contribution is 6.08. The molecule has 32 heavy (non-hydrogen) atoms. The van der Waals surface area contributed by atoms with E-state index in [2.05, 4.69) is 11.2 Å². The second kappa shape index (κ2) is 8.46. The topological polar surface area (TPSA) is 109 Å². The second-order valence-electron chi connectivity index (χ2n) is 8.25. The predicted molar refractivity (Wildman–Crippen MR) is 114 cm³/mol. The van der Waals surface area contributed by atoms with Gasteiger partial charge in [-0.3, -0.25) is 14.5 Å². The van der Waals surface area contributed by atoms with Gasteiger partial charge in [0, 0.05) is 7.05 Å². The molecule has 1 spiro atoms. The SMILES string of the molecule is Cc1nn(-c2ccccc2)c(COC(=O)CN2C(=O)N(C)C3(CCCCC3)C2=O)c1C#N. The summed E-state index contributed by atoms with van der Waals surface area (Å²) < 4.78 is 6.97. The molecule has 1 saturated carbocycles. The molecule has 166 valence electrons. The van der Waals surface area contributed by atoms with Crippen LogP contribution in [-0.2, 0) is 20.9 Å². The van der Waals surface area contributed by atoms with Crippen LogP contribution in [0.2, 0.25) is 0 Å². The van der Waals surface area contributed by atoms with Crippen molar-refractivity contribution in [3.05, 3.63) is 47.3 Å². The van der Waals surface area contributed by atoms with Gasteiger partial charge in [-0.2, -0.15) is 10.4 Å². The van der Waals surface area contributed by atoms with E-state index < -0.39 is 24.1 Å². The summed E-state index contributed by atoms with van der Waals surface area (Å²) in [6, 6.07) is 10.9. The Kier molecular flexibility index (Phi) is 5.70. The summed E-state index contributed by atoms with van der Waals surface area (Å²) in [5.74, 6) is -1.04. The average Bonchev–Trinajstić information content (AvgIpc) is 3.22. The average molecular weight is 435 g/mol. The molecule has 2 fully saturated rings. The Balaban J connectivity index is 1.49. The number of carbonyl (C=O) groups excluding carboxylic acids is 3. The number of amides is 3. The summed E-state index contributed by atoms with van der Waals surface area (Å²) in [6.45, 7) is 1.06. The number of likely N-dealkylation sites (N-methyl/N-ethyl adjacent to an activating group) is 1. The van der Waals surface area contributed by atoms with Crippen molar-refractivity contribution in [1.29, 1.82) is 5.26 Å². The molecule has 1 aromatic carbocycles. The number of ether oxygens (including phenoxy) is 1. The predicted octanol–water partition coefficient (Wildman–Crippen LogP) is 2.69. The van der Waals surface area contributed by atoms with Crippen molar-refractivity contribution in [2.24, 2.45) is 0 Å². The molecule has 0 radical (unpaired) electrons. The number of esters is 1. The van der Waals surface area contributed by atoms with Gasteiger partial charge in [0.2, 0.25) is 0 Å². The number of hydrogen-bond acceptors (Lipinski definition) is 6. The molecule has 0 atom stereocenters. The van der Waals surface area contributed by atoms with Crippen molar-refractivity contribution in [2.75, 3.05) is 13.6 Å². The number of benzene rings is 1. The molecule has 2 heterocycles. The molecule has 1 aromatic heterocycles. The molecule has 2 aromatic rings. The van der Waals surface area contributed by atoms with Crippen LogP contribution in [0.25, 0.3) is 5.69 Å². The van der Waals surface area contributed by atoms with E-state index >= 15 is 0 Å². The molecule has 9 nitrogen and oxygen atoms in total. The summed E-state index contributed by atoms with van der Waals surface area (Å²) in [5, 5.41) is 13.9. The number of nitrogens with zero attached hydrogens (tertiary/aromatic N) is 5. The molecular weight excluding hydrogens is 410 g/mol. The first-order valence-corrected chi connectivity index (χ1v) is 10.7. The van der Waals surface area contributed by atoms with Crippen LogP contribution in [0.5, 0.6) is 0 Å². The maximum atomic E-state index is 13.1. The van der Waals surface area contributed by atoms with Gasteiger partial charge in [-0.15, -0.1) is 0 Å². The van der Waals surface area contributed by atoms with E-state index in [4.69, 9.17) is 4.74 Å². The number of rotatable bonds is 5. The van der Waals surface area contributed by atoms with Gasteiger partial charge in [-0.1, -0.05) is 37.5 Å². The number of imide groups is 1. The maximum absolute atomic E-state index is 13.1. The van der Waals surface area contributed by atoms with E-state index in [1.165, 1.54) is 4.90 Å². The fourth-order valence-electron chi connectivity index (χ4n) is 4.63. The minimum absolute atomic E-state index is 0.200. The van der Waals surface area contributed by atoms with Crippen molar-refractivity contribution < 1.29 is 19.1 Å². The fraction of sp³-hybridized carbons (Fsp3) is 0.435. The highest BCUT2D eigenvalue weighted by Gasteiger charge is 2.55. The first-order chi connectivity index (χ1) is 15.4. The molecule has 3 amide bonds. The Morgan fingerprint density at radius 3 is 2.53 bits per heavy atom. The third-order valence-corrected chi connectivity index (χ3v) is 6.41. The van der Waals surface area contributed by atoms with Gasteiger partial charge in [0.15, 0.2) is 0 Å². The molecule has 9 heteroatoms. The first kappa shape index (κ1) is 21.6. The van der Waals surface area contributed by atoms with E-state index in [9.17, 15) is 19.6 Å². The van der Waals surface area contributed by atoms with Crippen LogP contribution in [0, 0.1) is 18.3 Å². The second-order valence-corrected chi connectivity index (χ2v) is 8.25. The quantitative estimate of drug-likeness (QED) is 0.528. The van der Waals surface area contributed by atoms with Crippen molar-refractivity contribution >= 4 is 17.9 Å². The molecule has 2 aliphatic rings. The van der Waals surface area contributed by atoms with Crippen molar-refractivity contribution in [1.82, 2.24) is 19.6 Å². The van der Waals surface area contributed by atoms with Gasteiger partial charge in [-0.25, -0.2) is 9.48 Å². The Morgan fingerprint density at radius 1 is 1.19 bits per heavy atom. The minimum atomic E-state index is -0.841. The van der Waals surface area contributed by atoms with Crippen LogP contribution in [0.1, 0.15) is 49.1 Å². The van der Waals surface area contributed by atoms with Crippen molar-refractivity contribution in [2.45, 2.75) is 51.2 Å². The zero-order valence-corrected chi connectivity index (χ0v) is 18.2. The lowest BCUT2D eigenvalue weighted by molar-refractivity contribution is -0.149. The zero-order chi connectivity index (χ0) is 22.9. The lowest BCUT2D eigenvalue weighted by Gasteiger charge is -2.35. The molecule has 0 unspecified atom stereocenters. The van der Waals surface area contributed by atoms with Gasteiger partial charge < -0.3 is 9.64 Å². The standard InChI is InChI=1S/C23H25N5O4/c1-16-18(13-24)19(28(25-16)17-9-5-3-6-10-17)15-32-20(29)14-27-21(30)23(26(2)22(27)31)11-7-4-8-12-23/h3,5-6,9-10H,4,7-8,11-12,14-15H2,1-2H3. The van der Waals surface area contributed by atoms with E-state index in [0.717, 1.165) is 29.8 Å². The molecule has 1 aliphatic heterocycles. The van der Waals surface area contributed by atoms with Crippen LogP contribution in [0.4, 0.5) is 4.79 Å². The third kappa shape index (κ3) is 3.51. The van der Waals surface area contributed by atoms with Crippen LogP contribution in [0.3, 0.4) is 0 Å². The Morgan fingerprint density at radius 2 is 1.88 bits per heavy atom. The summed E-state index contributed by atoms with van der Waals surface area (Å²) >= 11 is 0. The summed E-state index contributed by atoms with van der Waals surface area (Å²) in [6.07, 6.45) is 4.01. The number of carbonyl (C=O) groups is 3. The number of para-hydroxylation sites is 1. The summed E-state index contributed by atoms with van der Waals surface area (Å²) in [5.41, 5.74) is 1.18. The molecule has 1 saturated heterocycles. The lowest BCUT2D eigenvalue weighted by Crippen LogP contribution is -2.49. The molecule has 0 N–H and O–H groups in total. The lowest BCUT2D eigenvalue weighted by atomic mass is 9.81. The highest BCUT2D eigenvalue weighted by Crippen LogP contribution is 2.39. The zero-order valence-electron chi connectivity index (χ0n) is 18.2. The minimum Gasteiger partial charge on any atom is -0.458 e. The molecule has 1 aliphatic carbocycles.